The Kier molecular flexibility index (Phi) is 3.47. The number of carbonyl (C=O) groups excluding carboxylic acids is 1. The van der Waals surface area contributed by atoms with Crippen LogP contribution in [0.4, 0.5) is 0 Å². The van der Waals surface area contributed by atoms with Crippen molar-refractivity contribution in [1.29, 1.82) is 0 Å². The third-order valence-corrected chi connectivity index (χ3v) is 2.32. The minimum Gasteiger partial charge on any atom is -0.341 e. The lowest BCUT2D eigenvalue weighted by molar-refractivity contribution is -0.132. The second-order valence-corrected chi connectivity index (χ2v) is 4.04. The molecular formula is C11H18N2O. The summed E-state index contributed by atoms with van der Waals surface area (Å²) in [6, 6.07) is 0.0437. The van der Waals surface area contributed by atoms with E-state index in [0.29, 0.717) is 6.54 Å². The van der Waals surface area contributed by atoms with E-state index < -0.39 is 0 Å². The van der Waals surface area contributed by atoms with Crippen molar-refractivity contribution < 1.29 is 4.79 Å². The van der Waals surface area contributed by atoms with Crippen molar-refractivity contribution in [2.75, 3.05) is 13.6 Å². The van der Waals surface area contributed by atoms with Gasteiger partial charge in [-0.2, -0.15) is 0 Å². The Balaban J connectivity index is 2.49. The summed E-state index contributed by atoms with van der Waals surface area (Å²) in [4.78, 5) is 13.5. The lowest BCUT2D eigenvalue weighted by atomic mass is 10.1. The van der Waals surface area contributed by atoms with Crippen molar-refractivity contribution in [2.24, 2.45) is 11.7 Å². The number of hydrogen-bond acceptors (Lipinski definition) is 2. The van der Waals surface area contributed by atoms with Crippen molar-refractivity contribution >= 4 is 5.91 Å². The first-order valence-electron chi connectivity index (χ1n) is 4.84. The van der Waals surface area contributed by atoms with E-state index in [1.165, 1.54) is 0 Å². The van der Waals surface area contributed by atoms with Gasteiger partial charge < -0.3 is 10.6 Å². The van der Waals surface area contributed by atoms with Crippen molar-refractivity contribution in [1.82, 2.24) is 4.90 Å². The molecule has 0 radical (unpaired) electrons. The molecule has 0 saturated heterocycles. The van der Waals surface area contributed by atoms with E-state index in [2.05, 4.69) is 6.58 Å². The van der Waals surface area contributed by atoms with Gasteiger partial charge in [0.15, 0.2) is 0 Å². The molecule has 2 atom stereocenters. The summed E-state index contributed by atoms with van der Waals surface area (Å²) < 4.78 is 0. The Bertz CT molecular complexity index is 270. The fourth-order valence-electron chi connectivity index (χ4n) is 1.68. The highest BCUT2D eigenvalue weighted by atomic mass is 16.2. The van der Waals surface area contributed by atoms with E-state index in [0.717, 1.165) is 12.0 Å². The number of nitrogens with zero attached hydrogens (tertiary/aromatic N) is 1. The Hall–Kier alpha value is -1.09. The summed E-state index contributed by atoms with van der Waals surface area (Å²) in [6.45, 7) is 6.32. The van der Waals surface area contributed by atoms with Gasteiger partial charge in [0.05, 0.1) is 5.92 Å². The van der Waals surface area contributed by atoms with Gasteiger partial charge in [0.25, 0.3) is 0 Å². The molecule has 0 fully saturated rings. The van der Waals surface area contributed by atoms with Crippen LogP contribution in [0.15, 0.2) is 24.3 Å². The third kappa shape index (κ3) is 2.70. The zero-order valence-electron chi connectivity index (χ0n) is 8.86. The molecule has 1 amide bonds. The lowest BCUT2D eigenvalue weighted by Crippen LogP contribution is -2.33. The smallest absolute Gasteiger partial charge is 0.229 e. The van der Waals surface area contributed by atoms with Crippen LogP contribution in [-0.2, 0) is 4.79 Å². The van der Waals surface area contributed by atoms with Crippen LogP contribution < -0.4 is 5.73 Å². The van der Waals surface area contributed by atoms with E-state index in [1.807, 2.05) is 19.1 Å². The summed E-state index contributed by atoms with van der Waals surface area (Å²) in [5.41, 5.74) is 6.68. The Labute approximate surface area is 85.3 Å². The zero-order chi connectivity index (χ0) is 10.7. The third-order valence-electron chi connectivity index (χ3n) is 2.32. The Morgan fingerprint density at radius 2 is 2.29 bits per heavy atom. The van der Waals surface area contributed by atoms with Gasteiger partial charge in [-0.05, 0) is 13.3 Å². The molecule has 0 aromatic rings. The number of amides is 1. The molecule has 0 spiro atoms. The van der Waals surface area contributed by atoms with Gasteiger partial charge in [-0.3, -0.25) is 4.79 Å². The summed E-state index contributed by atoms with van der Waals surface area (Å²) >= 11 is 0. The normalized spacial score (nSPS) is 25.1. The fourth-order valence-corrected chi connectivity index (χ4v) is 1.68. The van der Waals surface area contributed by atoms with Gasteiger partial charge in [-0.1, -0.05) is 24.3 Å². The minimum absolute atomic E-state index is 0.0330. The topological polar surface area (TPSA) is 46.3 Å². The molecule has 3 nitrogen and oxygen atoms in total. The molecule has 0 bridgehead atoms. The van der Waals surface area contributed by atoms with Gasteiger partial charge in [0.1, 0.15) is 0 Å². The molecule has 0 heterocycles. The van der Waals surface area contributed by atoms with Gasteiger partial charge in [-0.15, -0.1) is 0 Å². The molecule has 1 aliphatic rings. The highest BCUT2D eigenvalue weighted by molar-refractivity contribution is 5.81. The van der Waals surface area contributed by atoms with Crippen molar-refractivity contribution in [3.05, 3.63) is 24.3 Å². The van der Waals surface area contributed by atoms with Crippen LogP contribution >= 0.6 is 0 Å². The SMILES string of the molecule is C=C(C)CN(C)C(=O)C1C=CC(N)C1. The maximum Gasteiger partial charge on any atom is 0.229 e. The number of hydrogen-bond donors (Lipinski definition) is 1. The van der Waals surface area contributed by atoms with Crippen molar-refractivity contribution in [3.63, 3.8) is 0 Å². The van der Waals surface area contributed by atoms with Crippen molar-refractivity contribution in [3.8, 4) is 0 Å². The van der Waals surface area contributed by atoms with E-state index in [9.17, 15) is 4.79 Å². The largest absolute Gasteiger partial charge is 0.341 e. The first kappa shape index (κ1) is 11.0. The van der Waals surface area contributed by atoms with Crippen LogP contribution in [0.5, 0.6) is 0 Å². The fraction of sp³-hybridized carbons (Fsp3) is 0.545. The van der Waals surface area contributed by atoms with Crippen LogP contribution in [-0.4, -0.2) is 30.4 Å². The molecule has 1 aliphatic carbocycles. The maximum absolute atomic E-state index is 11.8. The summed E-state index contributed by atoms with van der Waals surface area (Å²) in [5, 5.41) is 0. The molecule has 3 heteroatoms. The number of carbonyl (C=O) groups is 1. The standard InChI is InChI=1S/C11H18N2O/c1-8(2)7-13(3)11(14)9-4-5-10(12)6-9/h4-5,9-10H,1,6-7,12H2,2-3H3. The highest BCUT2D eigenvalue weighted by Gasteiger charge is 2.24. The van der Waals surface area contributed by atoms with Gasteiger partial charge in [0.2, 0.25) is 5.91 Å². The van der Waals surface area contributed by atoms with Gasteiger partial charge >= 0.3 is 0 Å². The Morgan fingerprint density at radius 1 is 1.64 bits per heavy atom. The highest BCUT2D eigenvalue weighted by Crippen LogP contribution is 2.18. The summed E-state index contributed by atoms with van der Waals surface area (Å²) in [5.74, 6) is 0.103. The molecule has 2 N–H and O–H groups in total. The molecule has 78 valence electrons. The predicted octanol–water partition coefficient (Wildman–Crippen LogP) is 0.924. The average Bonchev–Trinajstić information content (AvgIpc) is 2.49. The van der Waals surface area contributed by atoms with Crippen LogP contribution in [0.25, 0.3) is 0 Å². The first-order chi connectivity index (χ1) is 6.50. The molecule has 0 aromatic heterocycles. The second-order valence-electron chi connectivity index (χ2n) is 4.04. The van der Waals surface area contributed by atoms with Gasteiger partial charge in [-0.25, -0.2) is 0 Å². The number of likely N-dealkylation sites (N-methyl/N-ethyl adjacent to an activating group) is 1. The van der Waals surface area contributed by atoms with Crippen molar-refractivity contribution in [2.45, 2.75) is 19.4 Å². The average molecular weight is 194 g/mol. The van der Waals surface area contributed by atoms with E-state index in [4.69, 9.17) is 5.73 Å². The minimum atomic E-state index is -0.0330. The molecule has 2 unspecified atom stereocenters. The predicted molar refractivity (Wildman–Crippen MR) is 57.7 cm³/mol. The molecule has 0 aromatic carbocycles. The molecule has 0 saturated carbocycles. The zero-order valence-corrected chi connectivity index (χ0v) is 8.86. The molecule has 0 aliphatic heterocycles. The van der Waals surface area contributed by atoms with E-state index in [-0.39, 0.29) is 17.9 Å². The van der Waals surface area contributed by atoms with Gasteiger partial charge in [0, 0.05) is 19.6 Å². The summed E-state index contributed by atoms with van der Waals surface area (Å²) in [7, 11) is 1.80. The van der Waals surface area contributed by atoms with Crippen LogP contribution in [0.2, 0.25) is 0 Å². The van der Waals surface area contributed by atoms with Crippen LogP contribution in [0.1, 0.15) is 13.3 Å². The Morgan fingerprint density at radius 3 is 2.71 bits per heavy atom. The van der Waals surface area contributed by atoms with Crippen LogP contribution in [0, 0.1) is 5.92 Å². The number of nitrogens with two attached hydrogens (primary N) is 1. The maximum atomic E-state index is 11.8. The molecular weight excluding hydrogens is 176 g/mol. The lowest BCUT2D eigenvalue weighted by Gasteiger charge is -2.20. The quantitative estimate of drug-likeness (QED) is 0.679. The second kappa shape index (κ2) is 4.42. The monoisotopic (exact) mass is 194 g/mol. The van der Waals surface area contributed by atoms with E-state index in [1.54, 1.807) is 11.9 Å². The van der Waals surface area contributed by atoms with Crippen LogP contribution in [0.3, 0.4) is 0 Å². The summed E-state index contributed by atoms with van der Waals surface area (Å²) in [6.07, 6.45) is 4.54. The molecule has 14 heavy (non-hydrogen) atoms. The van der Waals surface area contributed by atoms with E-state index >= 15 is 0 Å². The molecule has 1 rings (SSSR count). The number of rotatable bonds is 3. The first-order valence-corrected chi connectivity index (χ1v) is 4.84.